The fourth-order valence-electron chi connectivity index (χ4n) is 3.00. The van der Waals surface area contributed by atoms with Gasteiger partial charge in [-0.25, -0.2) is 9.59 Å². The quantitative estimate of drug-likeness (QED) is 0.754. The number of hydrogen-bond donors (Lipinski definition) is 2. The minimum Gasteiger partial charge on any atom is -0.465 e. The molecule has 1 fully saturated rings. The predicted octanol–water partition coefficient (Wildman–Crippen LogP) is 4.34. The summed E-state index contributed by atoms with van der Waals surface area (Å²) < 4.78 is 9.32. The molecular weight excluding hydrogens is 354 g/mol. The number of methoxy groups -OCH3 is 1. The van der Waals surface area contributed by atoms with Gasteiger partial charge in [0.25, 0.3) is 0 Å². The van der Waals surface area contributed by atoms with E-state index in [0.29, 0.717) is 11.5 Å². The zero-order chi connectivity index (χ0) is 19.9. The summed E-state index contributed by atoms with van der Waals surface area (Å²) in [7, 11) is 1.39. The molecule has 0 radical (unpaired) electrons. The molecular formula is C19H31NO5S. The first-order valence-corrected chi connectivity index (χ1v) is 9.77. The van der Waals surface area contributed by atoms with E-state index in [-0.39, 0.29) is 5.97 Å². The van der Waals surface area contributed by atoms with Crippen LogP contribution >= 0.6 is 11.3 Å². The van der Waals surface area contributed by atoms with Gasteiger partial charge in [0.05, 0.1) is 18.8 Å². The van der Waals surface area contributed by atoms with E-state index < -0.39 is 17.8 Å². The van der Waals surface area contributed by atoms with Crippen molar-refractivity contribution in [1.82, 2.24) is 0 Å². The van der Waals surface area contributed by atoms with E-state index >= 15 is 0 Å². The van der Waals surface area contributed by atoms with Gasteiger partial charge in [0, 0.05) is 10.3 Å². The van der Waals surface area contributed by atoms with E-state index in [1.54, 1.807) is 26.2 Å². The van der Waals surface area contributed by atoms with Crippen molar-refractivity contribution in [3.8, 4) is 0 Å². The molecule has 1 aromatic heterocycles. The summed E-state index contributed by atoms with van der Waals surface area (Å²) >= 11 is 1.47. The Kier molecular flexibility index (Phi) is 8.56. The number of aliphatic hydroxyl groups excluding tert-OH is 1. The molecule has 6 nitrogen and oxygen atoms in total. The summed E-state index contributed by atoms with van der Waals surface area (Å²) in [5.41, 5.74) is 5.73. The van der Waals surface area contributed by atoms with Gasteiger partial charge in [-0.3, -0.25) is 0 Å². The molecule has 1 amide bonds. The molecule has 1 aliphatic rings. The minimum atomic E-state index is -0.725. The highest BCUT2D eigenvalue weighted by Crippen LogP contribution is 2.38. The van der Waals surface area contributed by atoms with E-state index in [4.69, 9.17) is 10.5 Å². The van der Waals surface area contributed by atoms with Gasteiger partial charge in [-0.05, 0) is 52.0 Å². The second-order valence-electron chi connectivity index (χ2n) is 7.51. The number of ether oxygens (including phenoxy) is 2. The normalized spacial score (nSPS) is 16.2. The maximum absolute atomic E-state index is 11.5. The van der Waals surface area contributed by atoms with Crippen molar-refractivity contribution in [3.63, 3.8) is 0 Å². The molecule has 1 unspecified atom stereocenters. The molecule has 26 heavy (non-hydrogen) atoms. The molecule has 1 saturated carbocycles. The number of rotatable bonds is 3. The topological polar surface area (TPSA) is 98.9 Å². The van der Waals surface area contributed by atoms with Gasteiger partial charge in [-0.1, -0.05) is 19.3 Å². The van der Waals surface area contributed by atoms with Crippen LogP contribution in [0.1, 0.15) is 79.8 Å². The van der Waals surface area contributed by atoms with E-state index in [9.17, 15) is 14.7 Å². The van der Waals surface area contributed by atoms with Crippen LogP contribution in [0.4, 0.5) is 4.79 Å². The van der Waals surface area contributed by atoms with Crippen molar-refractivity contribution in [1.29, 1.82) is 0 Å². The lowest BCUT2D eigenvalue weighted by Crippen LogP contribution is -2.27. The van der Waals surface area contributed by atoms with Crippen LogP contribution < -0.4 is 5.73 Å². The van der Waals surface area contributed by atoms with Gasteiger partial charge in [-0.2, -0.15) is 0 Å². The average Bonchev–Trinajstić information content (AvgIpc) is 2.94. The molecule has 0 spiro atoms. The Morgan fingerprint density at radius 3 is 2.27 bits per heavy atom. The van der Waals surface area contributed by atoms with Crippen molar-refractivity contribution < 1.29 is 24.2 Å². The van der Waals surface area contributed by atoms with Crippen LogP contribution in [0.3, 0.4) is 0 Å². The SMILES string of the molecule is CC(C)(C)OC(N)=O.COC(=O)c1csc(C(O)C2CCCCC2)c1C. The lowest BCUT2D eigenvalue weighted by molar-refractivity contribution is 0.0589. The van der Waals surface area contributed by atoms with Crippen molar-refractivity contribution in [2.45, 2.75) is 71.5 Å². The molecule has 0 bridgehead atoms. The standard InChI is InChI=1S/C14H20O3S.C5H11NO2/c1-9-11(14(16)17-2)8-18-13(9)12(15)10-6-4-3-5-7-10;1-5(2,3)8-4(6)7/h8,10,12,15H,3-7H2,1-2H3;1-3H3,(H2,6,7). The lowest BCUT2D eigenvalue weighted by Gasteiger charge is -2.26. The summed E-state index contributed by atoms with van der Waals surface area (Å²) in [5, 5.41) is 12.2. The van der Waals surface area contributed by atoms with Gasteiger partial charge >= 0.3 is 12.1 Å². The van der Waals surface area contributed by atoms with E-state index in [1.807, 2.05) is 6.92 Å². The van der Waals surface area contributed by atoms with Crippen molar-refractivity contribution in [2.24, 2.45) is 11.7 Å². The number of amides is 1. The Balaban J connectivity index is 0.000000359. The fourth-order valence-corrected chi connectivity index (χ4v) is 4.14. The van der Waals surface area contributed by atoms with E-state index in [2.05, 4.69) is 4.74 Å². The van der Waals surface area contributed by atoms with E-state index in [0.717, 1.165) is 23.3 Å². The Bertz CT molecular complexity index is 600. The molecule has 1 atom stereocenters. The molecule has 3 N–H and O–H groups in total. The van der Waals surface area contributed by atoms with Crippen molar-refractivity contribution in [2.75, 3.05) is 7.11 Å². The lowest BCUT2D eigenvalue weighted by atomic mass is 9.84. The number of primary amides is 1. The van der Waals surface area contributed by atoms with Crippen LogP contribution in [0.5, 0.6) is 0 Å². The number of esters is 1. The zero-order valence-electron chi connectivity index (χ0n) is 16.3. The number of thiophene rings is 1. The summed E-state index contributed by atoms with van der Waals surface area (Å²) in [6.07, 6.45) is 4.72. The number of nitrogens with two attached hydrogens (primary N) is 1. The van der Waals surface area contributed by atoms with Crippen LogP contribution in [0.15, 0.2) is 5.38 Å². The second-order valence-corrected chi connectivity index (χ2v) is 8.42. The van der Waals surface area contributed by atoms with E-state index in [1.165, 1.54) is 37.7 Å². The highest BCUT2D eigenvalue weighted by atomic mass is 32.1. The third-order valence-electron chi connectivity index (χ3n) is 4.25. The Hall–Kier alpha value is -1.60. The number of carbonyl (C=O) groups excluding carboxylic acids is 2. The molecule has 1 aliphatic carbocycles. The molecule has 0 saturated heterocycles. The molecule has 1 aromatic rings. The zero-order valence-corrected chi connectivity index (χ0v) is 17.1. The van der Waals surface area contributed by atoms with Gasteiger partial charge in [0.2, 0.25) is 0 Å². The number of aliphatic hydroxyl groups is 1. The fraction of sp³-hybridized carbons (Fsp3) is 0.684. The largest absolute Gasteiger partial charge is 0.465 e. The summed E-state index contributed by atoms with van der Waals surface area (Å²) in [6.45, 7) is 7.18. The molecule has 148 valence electrons. The predicted molar refractivity (Wildman–Crippen MR) is 102 cm³/mol. The Morgan fingerprint density at radius 2 is 1.85 bits per heavy atom. The van der Waals surface area contributed by atoms with Crippen molar-refractivity contribution in [3.05, 3.63) is 21.4 Å². The molecule has 7 heteroatoms. The van der Waals surface area contributed by atoms with Gasteiger partial charge in [0.15, 0.2) is 0 Å². The maximum Gasteiger partial charge on any atom is 0.405 e. The third-order valence-corrected chi connectivity index (χ3v) is 5.41. The highest BCUT2D eigenvalue weighted by Gasteiger charge is 2.27. The van der Waals surface area contributed by atoms with Crippen LogP contribution in [0.25, 0.3) is 0 Å². The maximum atomic E-state index is 11.5. The second kappa shape index (κ2) is 9.92. The first-order valence-electron chi connectivity index (χ1n) is 8.89. The Morgan fingerprint density at radius 1 is 1.27 bits per heavy atom. The molecule has 2 rings (SSSR count). The van der Waals surface area contributed by atoms with Crippen LogP contribution in [-0.2, 0) is 9.47 Å². The van der Waals surface area contributed by atoms with Gasteiger partial charge < -0.3 is 20.3 Å². The van der Waals surface area contributed by atoms with Crippen molar-refractivity contribution >= 4 is 23.4 Å². The van der Waals surface area contributed by atoms with Crippen LogP contribution in [0.2, 0.25) is 0 Å². The Labute approximate surface area is 159 Å². The first-order chi connectivity index (χ1) is 12.1. The monoisotopic (exact) mass is 385 g/mol. The average molecular weight is 386 g/mol. The number of carbonyl (C=O) groups is 2. The van der Waals surface area contributed by atoms with Crippen LogP contribution in [0, 0.1) is 12.8 Å². The van der Waals surface area contributed by atoms with Crippen LogP contribution in [-0.4, -0.2) is 29.9 Å². The third kappa shape index (κ3) is 6.96. The summed E-state index contributed by atoms with van der Waals surface area (Å²) in [4.78, 5) is 22.5. The molecule has 1 heterocycles. The van der Waals surface area contributed by atoms with Gasteiger partial charge in [-0.15, -0.1) is 11.3 Å². The van der Waals surface area contributed by atoms with Gasteiger partial charge in [0.1, 0.15) is 5.60 Å². The summed E-state index contributed by atoms with van der Waals surface area (Å²) in [6, 6.07) is 0. The first kappa shape index (κ1) is 22.4. The summed E-state index contributed by atoms with van der Waals surface area (Å²) in [5.74, 6) is 0.0347. The molecule has 0 aromatic carbocycles. The highest BCUT2D eigenvalue weighted by molar-refractivity contribution is 7.10. The smallest absolute Gasteiger partial charge is 0.405 e. The number of hydrogen-bond acceptors (Lipinski definition) is 6. The minimum absolute atomic E-state index is 0.314. The molecule has 0 aliphatic heterocycles.